The smallest absolute Gasteiger partial charge is 0.320 e. The zero-order valence-corrected chi connectivity index (χ0v) is 34.2. The highest BCUT2D eigenvalue weighted by molar-refractivity contribution is 6.35. The SMILES string of the molecule is CCC(=O)C1CCN(CCCOc2cccc(-c3cccc(COc4cc(OCc5cncc(C#N)c5)c(CN5CCCC[C@H]5C(=O)O)cc4Cl)c3C)c2Cl)CC1. The number of nitrogens with zero attached hydrogens (tertiary/aromatic N) is 4. The van der Waals surface area contributed by atoms with Crippen LogP contribution in [-0.4, -0.2) is 70.5 Å². The van der Waals surface area contributed by atoms with Crippen molar-refractivity contribution in [3.05, 3.63) is 105 Å². The summed E-state index contributed by atoms with van der Waals surface area (Å²) in [6.07, 6.45) is 8.86. The Bertz CT molecular complexity index is 2080. The van der Waals surface area contributed by atoms with E-state index in [0.717, 1.165) is 85.1 Å². The van der Waals surface area contributed by atoms with Crippen LogP contribution < -0.4 is 14.2 Å². The first-order valence-electron chi connectivity index (χ1n) is 19.8. The highest BCUT2D eigenvalue weighted by Gasteiger charge is 2.29. The van der Waals surface area contributed by atoms with Crippen molar-refractivity contribution in [2.75, 3.05) is 32.8 Å². The van der Waals surface area contributed by atoms with Crippen molar-refractivity contribution in [3.8, 4) is 34.4 Å². The van der Waals surface area contributed by atoms with Gasteiger partial charge in [0.15, 0.2) is 0 Å². The third-order valence-corrected chi connectivity index (χ3v) is 11.7. The lowest BCUT2D eigenvalue weighted by atomic mass is 9.91. The molecule has 0 amide bonds. The van der Waals surface area contributed by atoms with Crippen LogP contribution in [0.25, 0.3) is 11.1 Å². The summed E-state index contributed by atoms with van der Waals surface area (Å²) in [6.45, 7) is 8.69. The van der Waals surface area contributed by atoms with Crippen molar-refractivity contribution in [1.29, 1.82) is 5.26 Å². The first-order valence-corrected chi connectivity index (χ1v) is 20.5. The quantitative estimate of drug-likeness (QED) is 0.103. The predicted molar refractivity (Wildman–Crippen MR) is 221 cm³/mol. The maximum Gasteiger partial charge on any atom is 0.320 e. The average Bonchev–Trinajstić information content (AvgIpc) is 3.23. The number of nitriles is 1. The highest BCUT2D eigenvalue weighted by atomic mass is 35.5. The fourth-order valence-corrected chi connectivity index (χ4v) is 8.29. The number of pyridine rings is 1. The van der Waals surface area contributed by atoms with Crippen molar-refractivity contribution in [2.24, 2.45) is 5.92 Å². The third-order valence-electron chi connectivity index (χ3n) is 11.1. The number of ketones is 1. The molecule has 1 aromatic heterocycles. The van der Waals surface area contributed by atoms with E-state index in [1.807, 2.05) is 55.1 Å². The molecule has 2 saturated heterocycles. The number of rotatable bonds is 17. The van der Waals surface area contributed by atoms with Crippen molar-refractivity contribution in [3.63, 3.8) is 0 Å². The van der Waals surface area contributed by atoms with E-state index in [9.17, 15) is 20.0 Å². The summed E-state index contributed by atoms with van der Waals surface area (Å²) >= 11 is 13.8. The van der Waals surface area contributed by atoms with Gasteiger partial charge in [-0.25, -0.2) is 0 Å². The largest absolute Gasteiger partial charge is 0.492 e. The number of aromatic nitrogens is 1. The Hall–Kier alpha value is -4.66. The van der Waals surface area contributed by atoms with Gasteiger partial charge >= 0.3 is 5.97 Å². The molecule has 300 valence electrons. The molecule has 3 heterocycles. The van der Waals surface area contributed by atoms with E-state index < -0.39 is 12.0 Å². The van der Waals surface area contributed by atoms with Crippen LogP contribution in [0.15, 0.2) is 67.0 Å². The van der Waals surface area contributed by atoms with E-state index >= 15 is 0 Å². The van der Waals surface area contributed by atoms with E-state index in [1.54, 1.807) is 24.4 Å². The second kappa shape index (κ2) is 20.2. The number of Topliss-reactive ketones (excluding diaryl/α,β-unsaturated/α-hetero) is 1. The average molecular weight is 814 g/mol. The van der Waals surface area contributed by atoms with E-state index in [0.29, 0.717) is 71.2 Å². The molecule has 6 rings (SSSR count). The number of halogens is 2. The van der Waals surface area contributed by atoms with Crippen molar-refractivity contribution >= 4 is 35.0 Å². The lowest BCUT2D eigenvalue weighted by Gasteiger charge is -2.33. The Labute approximate surface area is 345 Å². The van der Waals surface area contributed by atoms with Gasteiger partial charge in [-0.3, -0.25) is 19.5 Å². The second-order valence-corrected chi connectivity index (χ2v) is 15.6. The van der Waals surface area contributed by atoms with Gasteiger partial charge in [-0.1, -0.05) is 66.9 Å². The molecule has 1 atom stereocenters. The second-order valence-electron chi connectivity index (χ2n) is 14.8. The standard InChI is InChI=1S/C45H50Cl2N4O6/c1-3-40(52)33-14-18-50(19-15-33)16-8-20-55-41-13-7-11-37(44(41)47)36-10-6-9-34(30(36)2)29-57-43-23-42(56-28-32-21-31(24-48)25-49-26-32)35(22-38(43)46)27-51-17-5-4-12-39(51)45(53)54/h6-7,9-11,13,21-23,25-26,33,39H,3-5,8,12,14-20,27-29H2,1-2H3,(H,53,54)/t39-/m0/s1. The number of aliphatic carboxylic acids is 1. The Morgan fingerprint density at radius 1 is 0.895 bits per heavy atom. The van der Waals surface area contributed by atoms with Gasteiger partial charge in [0.25, 0.3) is 0 Å². The Balaban J connectivity index is 1.14. The molecule has 2 aliphatic rings. The molecule has 12 heteroatoms. The minimum Gasteiger partial charge on any atom is -0.492 e. The molecule has 2 fully saturated rings. The molecule has 2 aliphatic heterocycles. The minimum absolute atomic E-state index is 0.144. The van der Waals surface area contributed by atoms with Crippen molar-refractivity contribution in [2.45, 2.75) is 84.6 Å². The topological polar surface area (TPSA) is 125 Å². The van der Waals surface area contributed by atoms with Gasteiger partial charge in [0.1, 0.15) is 48.4 Å². The van der Waals surface area contributed by atoms with Crippen molar-refractivity contribution < 1.29 is 28.9 Å². The van der Waals surface area contributed by atoms with Crippen LogP contribution in [0.5, 0.6) is 17.2 Å². The predicted octanol–water partition coefficient (Wildman–Crippen LogP) is 9.29. The summed E-state index contributed by atoms with van der Waals surface area (Å²) in [5.41, 5.74) is 5.66. The lowest BCUT2D eigenvalue weighted by molar-refractivity contribution is -0.144. The Morgan fingerprint density at radius 3 is 2.44 bits per heavy atom. The van der Waals surface area contributed by atoms with Crippen LogP contribution >= 0.6 is 23.2 Å². The molecule has 10 nitrogen and oxygen atoms in total. The summed E-state index contributed by atoms with van der Waals surface area (Å²) in [5.74, 6) is 1.32. The molecular formula is C45H50Cl2N4O6. The number of hydrogen-bond donors (Lipinski definition) is 1. The van der Waals surface area contributed by atoms with Crippen LogP contribution in [0.3, 0.4) is 0 Å². The van der Waals surface area contributed by atoms with Gasteiger partial charge in [-0.15, -0.1) is 0 Å². The third kappa shape index (κ3) is 10.8. The molecule has 0 radical (unpaired) electrons. The molecule has 57 heavy (non-hydrogen) atoms. The summed E-state index contributed by atoms with van der Waals surface area (Å²) in [6, 6.07) is 18.6. The summed E-state index contributed by atoms with van der Waals surface area (Å²) in [7, 11) is 0. The number of piperidine rings is 2. The number of ether oxygens (including phenoxy) is 3. The summed E-state index contributed by atoms with van der Waals surface area (Å²) in [4.78, 5) is 32.7. The Morgan fingerprint density at radius 2 is 1.67 bits per heavy atom. The van der Waals surface area contributed by atoms with Crippen LogP contribution in [0.4, 0.5) is 0 Å². The number of hydrogen-bond acceptors (Lipinski definition) is 9. The van der Waals surface area contributed by atoms with Crippen LogP contribution in [-0.2, 0) is 29.3 Å². The van der Waals surface area contributed by atoms with Crippen LogP contribution in [0, 0.1) is 24.2 Å². The number of likely N-dealkylation sites (tertiary alicyclic amines) is 2. The van der Waals surface area contributed by atoms with Crippen LogP contribution in [0.2, 0.25) is 10.0 Å². The van der Waals surface area contributed by atoms with Gasteiger partial charge in [0.2, 0.25) is 0 Å². The van der Waals surface area contributed by atoms with Gasteiger partial charge in [0, 0.05) is 60.6 Å². The highest BCUT2D eigenvalue weighted by Crippen LogP contribution is 2.39. The first-order chi connectivity index (χ1) is 27.6. The van der Waals surface area contributed by atoms with Crippen molar-refractivity contribution in [1.82, 2.24) is 14.8 Å². The summed E-state index contributed by atoms with van der Waals surface area (Å²) in [5, 5.41) is 20.2. The summed E-state index contributed by atoms with van der Waals surface area (Å²) < 4.78 is 18.9. The zero-order valence-electron chi connectivity index (χ0n) is 32.6. The molecule has 0 saturated carbocycles. The molecule has 0 spiro atoms. The van der Waals surface area contributed by atoms with Crippen LogP contribution in [0.1, 0.15) is 79.7 Å². The fourth-order valence-electron chi connectivity index (χ4n) is 7.77. The fraction of sp³-hybridized carbons (Fsp3) is 0.422. The van der Waals surface area contributed by atoms with E-state index in [4.69, 9.17) is 37.4 Å². The number of benzene rings is 3. The number of carboxylic acids is 1. The van der Waals surface area contributed by atoms with Gasteiger partial charge < -0.3 is 24.2 Å². The van der Waals surface area contributed by atoms with Gasteiger partial charge in [-0.2, -0.15) is 5.26 Å². The Kier molecular flexibility index (Phi) is 14.8. The molecule has 0 bridgehead atoms. The molecular weight excluding hydrogens is 763 g/mol. The monoisotopic (exact) mass is 812 g/mol. The van der Waals surface area contributed by atoms with E-state index in [1.165, 1.54) is 6.20 Å². The zero-order chi connectivity index (χ0) is 40.3. The maximum atomic E-state index is 12.1. The molecule has 1 N–H and O–H groups in total. The normalized spacial score (nSPS) is 16.5. The molecule has 0 unspecified atom stereocenters. The minimum atomic E-state index is -0.842. The number of carboxylic acid groups (broad SMARTS) is 1. The first kappa shape index (κ1) is 42.0. The van der Waals surface area contributed by atoms with Gasteiger partial charge in [0.05, 0.1) is 22.2 Å². The maximum absolute atomic E-state index is 12.1. The molecule has 3 aromatic carbocycles. The van der Waals surface area contributed by atoms with E-state index in [-0.39, 0.29) is 19.1 Å². The molecule has 0 aliphatic carbocycles. The lowest BCUT2D eigenvalue weighted by Crippen LogP contribution is -2.44. The number of carbonyl (C=O) groups excluding carboxylic acids is 1. The van der Waals surface area contributed by atoms with Gasteiger partial charge in [-0.05, 0) is 93.6 Å². The van der Waals surface area contributed by atoms with E-state index in [2.05, 4.69) is 16.0 Å². The number of carbonyl (C=O) groups is 2. The molecule has 4 aromatic rings.